The molecular weight excluding hydrogens is 278 g/mol. The third kappa shape index (κ3) is 2.77. The van der Waals surface area contributed by atoms with Crippen molar-refractivity contribution in [3.05, 3.63) is 59.1 Å². The Morgan fingerprint density at radius 1 is 1.10 bits per heavy atom. The van der Waals surface area contributed by atoms with Gasteiger partial charge in [-0.3, -0.25) is 0 Å². The molecule has 0 bridgehead atoms. The number of nitrogens with one attached hydrogen (secondary N) is 1. The molecule has 0 aliphatic carbocycles. The van der Waals surface area contributed by atoms with Gasteiger partial charge in [0, 0.05) is 17.8 Å². The Morgan fingerprint density at radius 3 is 2.65 bits per heavy atom. The second-order valence-electron chi connectivity index (χ2n) is 4.43. The minimum Gasteiger partial charge on any atom is -0.381 e. The van der Waals surface area contributed by atoms with Crippen molar-refractivity contribution in [2.75, 3.05) is 5.32 Å². The summed E-state index contributed by atoms with van der Waals surface area (Å²) in [5.74, 6) is 0. The molecule has 1 aromatic heterocycles. The fourth-order valence-corrected chi connectivity index (χ4v) is 2.67. The fourth-order valence-electron chi connectivity index (χ4n) is 1.95. The van der Waals surface area contributed by atoms with Crippen molar-refractivity contribution in [2.45, 2.75) is 13.0 Å². The summed E-state index contributed by atoms with van der Waals surface area (Å²) in [5, 5.41) is 3.28. The number of rotatable bonds is 4. The van der Waals surface area contributed by atoms with Crippen LogP contribution >= 0.6 is 11.3 Å². The van der Waals surface area contributed by atoms with Crippen LogP contribution in [0.15, 0.2) is 48.0 Å². The van der Waals surface area contributed by atoms with Gasteiger partial charge in [0.05, 0.1) is 15.7 Å². The molecule has 0 aliphatic heterocycles. The molecule has 0 atom stereocenters. The molecule has 1 N–H and O–H groups in total. The zero-order valence-corrected chi connectivity index (χ0v) is 11.3. The molecule has 0 unspecified atom stereocenters. The predicted octanol–water partition coefficient (Wildman–Crippen LogP) is 4.85. The first kappa shape index (κ1) is 13.0. The van der Waals surface area contributed by atoms with Gasteiger partial charge >= 0.3 is 0 Å². The van der Waals surface area contributed by atoms with Crippen LogP contribution in [0.3, 0.4) is 0 Å². The average Bonchev–Trinajstić information content (AvgIpc) is 2.93. The van der Waals surface area contributed by atoms with E-state index in [0.29, 0.717) is 6.54 Å². The Bertz CT molecular complexity index is 707. The second-order valence-corrected chi connectivity index (χ2v) is 5.32. The molecule has 2 aromatic carbocycles. The molecule has 0 aliphatic rings. The Labute approximate surface area is 119 Å². The summed E-state index contributed by atoms with van der Waals surface area (Å²) in [4.78, 5) is 4.22. The van der Waals surface area contributed by atoms with E-state index >= 15 is 0 Å². The van der Waals surface area contributed by atoms with Crippen LogP contribution in [0.4, 0.5) is 14.5 Å². The number of hydrogen-bond acceptors (Lipinski definition) is 3. The minimum atomic E-state index is -2.41. The number of halogens is 2. The van der Waals surface area contributed by atoms with E-state index in [1.54, 1.807) is 23.5 Å². The van der Waals surface area contributed by atoms with Crippen molar-refractivity contribution in [3.8, 4) is 0 Å². The smallest absolute Gasteiger partial charge is 0.263 e. The monoisotopic (exact) mass is 290 g/mol. The van der Waals surface area contributed by atoms with Gasteiger partial charge in [0.2, 0.25) is 0 Å². The Balaban J connectivity index is 1.69. The highest BCUT2D eigenvalue weighted by Crippen LogP contribution is 2.23. The number of thiazole rings is 1. The van der Waals surface area contributed by atoms with Crippen LogP contribution in [0.5, 0.6) is 0 Å². The molecule has 0 spiro atoms. The molecular formula is C15H12F2N2S. The number of fused-ring (bicyclic) bond motifs is 1. The van der Waals surface area contributed by atoms with E-state index in [9.17, 15) is 8.78 Å². The molecule has 1 heterocycles. The van der Waals surface area contributed by atoms with Crippen LogP contribution in [0.2, 0.25) is 0 Å². The Morgan fingerprint density at radius 2 is 1.90 bits per heavy atom. The van der Waals surface area contributed by atoms with Crippen LogP contribution in [0.1, 0.15) is 17.6 Å². The maximum absolute atomic E-state index is 12.4. The largest absolute Gasteiger partial charge is 0.381 e. The summed E-state index contributed by atoms with van der Waals surface area (Å²) < 4.78 is 26.0. The molecule has 0 saturated heterocycles. The molecule has 0 amide bonds. The topological polar surface area (TPSA) is 24.9 Å². The van der Waals surface area contributed by atoms with Gasteiger partial charge in [0.15, 0.2) is 0 Å². The van der Waals surface area contributed by atoms with Gasteiger partial charge in [-0.25, -0.2) is 13.8 Å². The number of benzene rings is 2. The summed E-state index contributed by atoms with van der Waals surface area (Å²) in [6.07, 6.45) is -2.41. The van der Waals surface area contributed by atoms with E-state index in [-0.39, 0.29) is 5.56 Å². The molecule has 3 aromatic rings. The van der Waals surface area contributed by atoms with E-state index < -0.39 is 6.43 Å². The average molecular weight is 290 g/mol. The number of nitrogens with zero attached hydrogens (tertiary/aromatic N) is 1. The fraction of sp³-hybridized carbons (Fsp3) is 0.133. The standard InChI is InChI=1S/C15H12F2N2S/c16-15(17)11-3-1-10(2-4-11)8-18-12-5-6-13-14(7-12)20-9-19-13/h1-7,9,15,18H,8H2. The zero-order chi connectivity index (χ0) is 13.9. The lowest BCUT2D eigenvalue weighted by molar-refractivity contribution is 0.151. The van der Waals surface area contributed by atoms with Crippen LogP contribution in [-0.2, 0) is 6.54 Å². The molecule has 2 nitrogen and oxygen atoms in total. The first-order valence-corrected chi connectivity index (χ1v) is 7.04. The number of anilines is 1. The predicted molar refractivity (Wildman–Crippen MR) is 78.3 cm³/mol. The van der Waals surface area contributed by atoms with Crippen molar-refractivity contribution >= 4 is 27.2 Å². The van der Waals surface area contributed by atoms with Crippen molar-refractivity contribution in [3.63, 3.8) is 0 Å². The van der Waals surface area contributed by atoms with E-state index in [0.717, 1.165) is 21.5 Å². The molecule has 5 heteroatoms. The molecule has 20 heavy (non-hydrogen) atoms. The van der Waals surface area contributed by atoms with Gasteiger partial charge in [-0.05, 0) is 23.8 Å². The summed E-state index contributed by atoms with van der Waals surface area (Å²) in [7, 11) is 0. The van der Waals surface area contributed by atoms with E-state index in [1.165, 1.54) is 12.1 Å². The lowest BCUT2D eigenvalue weighted by Crippen LogP contribution is -1.99. The van der Waals surface area contributed by atoms with E-state index in [1.807, 2.05) is 23.7 Å². The molecule has 102 valence electrons. The normalized spacial score (nSPS) is 11.2. The summed E-state index contributed by atoms with van der Waals surface area (Å²) in [6, 6.07) is 12.4. The molecule has 0 radical (unpaired) electrons. The van der Waals surface area contributed by atoms with Gasteiger partial charge < -0.3 is 5.32 Å². The molecule has 0 saturated carbocycles. The maximum Gasteiger partial charge on any atom is 0.263 e. The summed E-state index contributed by atoms with van der Waals surface area (Å²) in [6.45, 7) is 0.605. The highest BCUT2D eigenvalue weighted by atomic mass is 32.1. The van der Waals surface area contributed by atoms with E-state index in [2.05, 4.69) is 10.3 Å². The van der Waals surface area contributed by atoms with Crippen LogP contribution in [-0.4, -0.2) is 4.98 Å². The number of alkyl halides is 2. The summed E-state index contributed by atoms with van der Waals surface area (Å²) in [5.41, 5.74) is 4.83. The highest BCUT2D eigenvalue weighted by molar-refractivity contribution is 7.16. The lowest BCUT2D eigenvalue weighted by atomic mass is 10.1. The van der Waals surface area contributed by atoms with Crippen LogP contribution < -0.4 is 5.32 Å². The SMILES string of the molecule is FC(F)c1ccc(CNc2ccc3ncsc3c2)cc1. The molecule has 0 fully saturated rings. The third-order valence-corrected chi connectivity index (χ3v) is 3.85. The lowest BCUT2D eigenvalue weighted by Gasteiger charge is -2.07. The van der Waals surface area contributed by atoms with Gasteiger partial charge in [-0.1, -0.05) is 24.3 Å². The number of hydrogen-bond donors (Lipinski definition) is 1. The second kappa shape index (κ2) is 5.54. The maximum atomic E-state index is 12.4. The zero-order valence-electron chi connectivity index (χ0n) is 10.5. The summed E-state index contributed by atoms with van der Waals surface area (Å²) >= 11 is 1.59. The third-order valence-electron chi connectivity index (χ3n) is 3.06. The quantitative estimate of drug-likeness (QED) is 0.743. The Kier molecular flexibility index (Phi) is 3.60. The van der Waals surface area contributed by atoms with Gasteiger partial charge in [-0.2, -0.15) is 0 Å². The first-order chi connectivity index (χ1) is 9.72. The van der Waals surface area contributed by atoms with Crippen LogP contribution in [0, 0.1) is 0 Å². The minimum absolute atomic E-state index is 0.0554. The van der Waals surface area contributed by atoms with Crippen molar-refractivity contribution in [2.24, 2.45) is 0 Å². The first-order valence-electron chi connectivity index (χ1n) is 6.16. The van der Waals surface area contributed by atoms with Crippen LogP contribution in [0.25, 0.3) is 10.2 Å². The van der Waals surface area contributed by atoms with Gasteiger partial charge in [0.25, 0.3) is 6.43 Å². The van der Waals surface area contributed by atoms with Gasteiger partial charge in [0.1, 0.15) is 0 Å². The van der Waals surface area contributed by atoms with Gasteiger partial charge in [-0.15, -0.1) is 11.3 Å². The van der Waals surface area contributed by atoms with E-state index in [4.69, 9.17) is 0 Å². The van der Waals surface area contributed by atoms with Crippen molar-refractivity contribution in [1.82, 2.24) is 4.98 Å². The van der Waals surface area contributed by atoms with Crippen molar-refractivity contribution < 1.29 is 8.78 Å². The number of aromatic nitrogens is 1. The molecule has 3 rings (SSSR count). The Hall–Kier alpha value is -2.01. The van der Waals surface area contributed by atoms with Crippen molar-refractivity contribution in [1.29, 1.82) is 0 Å². The highest BCUT2D eigenvalue weighted by Gasteiger charge is 2.05.